The summed E-state index contributed by atoms with van der Waals surface area (Å²) in [6.45, 7) is 4.10. The number of nitrogens with zero attached hydrogens (tertiary/aromatic N) is 1. The van der Waals surface area contributed by atoms with E-state index in [1.165, 1.54) is 6.07 Å². The normalized spacial score (nSPS) is 16.3. The molecule has 2 aromatic rings. The first-order chi connectivity index (χ1) is 10.4. The minimum Gasteiger partial charge on any atom is -0.305 e. The van der Waals surface area contributed by atoms with Crippen LogP contribution in [0.25, 0.3) is 0 Å². The number of para-hydroxylation sites is 1. The van der Waals surface area contributed by atoms with E-state index in [1.807, 2.05) is 12.1 Å². The summed E-state index contributed by atoms with van der Waals surface area (Å²) in [6, 6.07) is 12.7. The standard InChI is InChI=1S/C16H16N2O3S/c1-11(2)12-7-9-13(10-8-12)18-16(19)17-14-5-3-4-6-15(14)22(18,20)21/h3-11H,1-2H3,(H,17,19). The van der Waals surface area contributed by atoms with Gasteiger partial charge in [0.15, 0.2) is 0 Å². The van der Waals surface area contributed by atoms with Crippen molar-refractivity contribution in [3.05, 3.63) is 54.1 Å². The van der Waals surface area contributed by atoms with Crippen LogP contribution in [0.15, 0.2) is 53.4 Å². The minimum absolute atomic E-state index is 0.0996. The Morgan fingerprint density at radius 2 is 1.64 bits per heavy atom. The van der Waals surface area contributed by atoms with Crippen molar-refractivity contribution in [2.24, 2.45) is 0 Å². The number of hydrogen-bond acceptors (Lipinski definition) is 3. The summed E-state index contributed by atoms with van der Waals surface area (Å²) in [4.78, 5) is 12.3. The van der Waals surface area contributed by atoms with Crippen LogP contribution in [0, 0.1) is 0 Å². The SMILES string of the molecule is CC(C)c1ccc(N2C(=O)Nc3ccccc3S2(=O)=O)cc1. The molecule has 0 fully saturated rings. The molecule has 0 saturated heterocycles. The van der Waals surface area contributed by atoms with E-state index in [2.05, 4.69) is 19.2 Å². The lowest BCUT2D eigenvalue weighted by Gasteiger charge is -2.28. The smallest absolute Gasteiger partial charge is 0.305 e. The number of hydrogen-bond donors (Lipinski definition) is 1. The van der Waals surface area contributed by atoms with Gasteiger partial charge in [-0.2, -0.15) is 4.31 Å². The Morgan fingerprint density at radius 1 is 1.00 bits per heavy atom. The van der Waals surface area contributed by atoms with E-state index in [0.717, 1.165) is 9.87 Å². The van der Waals surface area contributed by atoms with Crippen molar-refractivity contribution in [1.29, 1.82) is 0 Å². The zero-order valence-electron chi connectivity index (χ0n) is 12.3. The number of benzene rings is 2. The predicted octanol–water partition coefficient (Wildman–Crippen LogP) is 3.55. The Labute approximate surface area is 129 Å². The molecule has 1 heterocycles. The minimum atomic E-state index is -3.90. The molecule has 0 spiro atoms. The second-order valence-corrected chi connectivity index (χ2v) is 7.20. The van der Waals surface area contributed by atoms with E-state index in [-0.39, 0.29) is 4.90 Å². The van der Waals surface area contributed by atoms with Gasteiger partial charge < -0.3 is 5.32 Å². The van der Waals surface area contributed by atoms with Gasteiger partial charge in [0.1, 0.15) is 4.90 Å². The van der Waals surface area contributed by atoms with Gasteiger partial charge in [0.05, 0.1) is 11.4 Å². The molecule has 1 N–H and O–H groups in total. The van der Waals surface area contributed by atoms with E-state index < -0.39 is 16.1 Å². The van der Waals surface area contributed by atoms with E-state index in [9.17, 15) is 13.2 Å². The van der Waals surface area contributed by atoms with Crippen LogP contribution in [-0.4, -0.2) is 14.4 Å². The molecule has 0 saturated carbocycles. The number of carbonyl (C=O) groups is 1. The number of nitrogens with one attached hydrogen (secondary N) is 1. The van der Waals surface area contributed by atoms with Gasteiger partial charge in [-0.25, -0.2) is 13.2 Å². The molecule has 0 atom stereocenters. The van der Waals surface area contributed by atoms with Crippen molar-refractivity contribution in [1.82, 2.24) is 0 Å². The number of anilines is 2. The van der Waals surface area contributed by atoms with Crippen LogP contribution in [-0.2, 0) is 10.0 Å². The van der Waals surface area contributed by atoms with Crippen molar-refractivity contribution in [2.75, 3.05) is 9.62 Å². The Bertz CT molecular complexity index is 827. The number of sulfonamides is 1. The van der Waals surface area contributed by atoms with Gasteiger partial charge >= 0.3 is 6.03 Å². The van der Waals surface area contributed by atoms with Crippen molar-refractivity contribution >= 4 is 27.4 Å². The molecule has 5 nitrogen and oxygen atoms in total. The van der Waals surface area contributed by atoms with E-state index in [4.69, 9.17) is 0 Å². The lowest BCUT2D eigenvalue weighted by atomic mass is 10.0. The monoisotopic (exact) mass is 316 g/mol. The second kappa shape index (κ2) is 5.14. The van der Waals surface area contributed by atoms with Gasteiger partial charge in [0.2, 0.25) is 0 Å². The summed E-state index contributed by atoms with van der Waals surface area (Å²) in [5.41, 5.74) is 1.72. The summed E-state index contributed by atoms with van der Waals surface area (Å²) in [6.07, 6.45) is 0. The number of rotatable bonds is 2. The van der Waals surface area contributed by atoms with Gasteiger partial charge in [-0.1, -0.05) is 38.1 Å². The molecule has 114 valence electrons. The molecule has 22 heavy (non-hydrogen) atoms. The summed E-state index contributed by atoms with van der Waals surface area (Å²) < 4.78 is 26.2. The van der Waals surface area contributed by atoms with Crippen LogP contribution < -0.4 is 9.62 Å². The molecule has 1 aliphatic rings. The maximum atomic E-state index is 12.7. The van der Waals surface area contributed by atoms with Crippen molar-refractivity contribution < 1.29 is 13.2 Å². The largest absolute Gasteiger partial charge is 0.340 e. The molecule has 2 amide bonds. The average molecular weight is 316 g/mol. The quantitative estimate of drug-likeness (QED) is 0.921. The molecular formula is C16H16N2O3S. The van der Waals surface area contributed by atoms with E-state index in [0.29, 0.717) is 17.3 Å². The molecule has 6 heteroatoms. The second-order valence-electron chi connectivity index (χ2n) is 5.44. The molecule has 0 unspecified atom stereocenters. The zero-order valence-corrected chi connectivity index (χ0v) is 13.1. The summed E-state index contributed by atoms with van der Waals surface area (Å²) in [5.74, 6) is 0.335. The van der Waals surface area contributed by atoms with E-state index >= 15 is 0 Å². The highest BCUT2D eigenvalue weighted by Gasteiger charge is 2.37. The Morgan fingerprint density at radius 3 is 2.27 bits per heavy atom. The van der Waals surface area contributed by atoms with Gasteiger partial charge in [0, 0.05) is 0 Å². The van der Waals surface area contributed by atoms with Crippen molar-refractivity contribution in [3.63, 3.8) is 0 Å². The van der Waals surface area contributed by atoms with Gasteiger partial charge in [-0.3, -0.25) is 0 Å². The maximum Gasteiger partial charge on any atom is 0.340 e. The highest BCUT2D eigenvalue weighted by atomic mass is 32.2. The van der Waals surface area contributed by atoms with Crippen LogP contribution >= 0.6 is 0 Å². The predicted molar refractivity (Wildman–Crippen MR) is 85.7 cm³/mol. The first kappa shape index (κ1) is 14.6. The highest BCUT2D eigenvalue weighted by molar-refractivity contribution is 7.94. The number of carbonyl (C=O) groups excluding carboxylic acids is 1. The van der Waals surface area contributed by atoms with Gasteiger partial charge in [0.25, 0.3) is 10.0 Å². The fourth-order valence-electron chi connectivity index (χ4n) is 2.42. The fourth-order valence-corrected chi connectivity index (χ4v) is 3.93. The molecule has 0 aliphatic carbocycles. The number of amides is 2. The summed E-state index contributed by atoms with van der Waals surface area (Å²) in [5, 5.41) is 2.61. The first-order valence-electron chi connectivity index (χ1n) is 6.96. The highest BCUT2D eigenvalue weighted by Crippen LogP contribution is 2.33. The number of urea groups is 1. The van der Waals surface area contributed by atoms with Crippen LogP contribution in [0.2, 0.25) is 0 Å². The van der Waals surface area contributed by atoms with Crippen LogP contribution in [0.1, 0.15) is 25.3 Å². The van der Waals surface area contributed by atoms with Crippen LogP contribution in [0.5, 0.6) is 0 Å². The zero-order chi connectivity index (χ0) is 15.9. The third-order valence-electron chi connectivity index (χ3n) is 3.63. The Kier molecular flexibility index (Phi) is 3.41. The van der Waals surface area contributed by atoms with Crippen molar-refractivity contribution in [3.8, 4) is 0 Å². The van der Waals surface area contributed by atoms with E-state index in [1.54, 1.807) is 30.3 Å². The lowest BCUT2D eigenvalue weighted by Crippen LogP contribution is -2.44. The average Bonchev–Trinajstić information content (AvgIpc) is 2.47. The third-order valence-corrected chi connectivity index (χ3v) is 5.39. The molecule has 0 aromatic heterocycles. The first-order valence-corrected chi connectivity index (χ1v) is 8.40. The van der Waals surface area contributed by atoms with Crippen molar-refractivity contribution in [2.45, 2.75) is 24.7 Å². The number of fused-ring (bicyclic) bond motifs is 1. The molecule has 0 bridgehead atoms. The summed E-state index contributed by atoms with van der Waals surface area (Å²) >= 11 is 0. The summed E-state index contributed by atoms with van der Waals surface area (Å²) in [7, 11) is -3.90. The fraction of sp³-hybridized carbons (Fsp3) is 0.188. The molecule has 2 aromatic carbocycles. The van der Waals surface area contributed by atoms with Gasteiger partial charge in [-0.05, 0) is 35.7 Å². The van der Waals surface area contributed by atoms with Gasteiger partial charge in [-0.15, -0.1) is 0 Å². The third kappa shape index (κ3) is 2.25. The van der Waals surface area contributed by atoms with Crippen LogP contribution in [0.4, 0.5) is 16.2 Å². The Balaban J connectivity index is 2.09. The molecular weight excluding hydrogens is 300 g/mol. The Hall–Kier alpha value is -2.34. The lowest BCUT2D eigenvalue weighted by molar-refractivity contribution is 0.259. The molecule has 3 rings (SSSR count). The van der Waals surface area contributed by atoms with Crippen LogP contribution in [0.3, 0.4) is 0 Å². The topological polar surface area (TPSA) is 66.5 Å². The maximum absolute atomic E-state index is 12.7. The molecule has 0 radical (unpaired) electrons. The molecule has 1 aliphatic heterocycles.